The SMILES string of the molecule is CCOCCCCCOCCN1CCCCC1. The highest BCUT2D eigenvalue weighted by Gasteiger charge is 2.08. The van der Waals surface area contributed by atoms with Crippen molar-refractivity contribution in [2.75, 3.05) is 46.1 Å². The first-order valence-corrected chi connectivity index (χ1v) is 7.31. The van der Waals surface area contributed by atoms with Gasteiger partial charge in [0.25, 0.3) is 0 Å². The molecule has 0 aromatic carbocycles. The number of hydrogen-bond acceptors (Lipinski definition) is 3. The molecule has 0 bridgehead atoms. The van der Waals surface area contributed by atoms with Crippen LogP contribution in [-0.2, 0) is 9.47 Å². The van der Waals surface area contributed by atoms with Crippen molar-refractivity contribution < 1.29 is 9.47 Å². The van der Waals surface area contributed by atoms with E-state index in [0.29, 0.717) is 0 Å². The van der Waals surface area contributed by atoms with Crippen LogP contribution in [0, 0.1) is 0 Å². The molecule has 0 aliphatic carbocycles. The summed E-state index contributed by atoms with van der Waals surface area (Å²) in [4.78, 5) is 2.53. The molecule has 1 rings (SSSR count). The van der Waals surface area contributed by atoms with E-state index in [9.17, 15) is 0 Å². The minimum absolute atomic E-state index is 0.840. The molecule has 0 N–H and O–H groups in total. The Kier molecular flexibility index (Phi) is 9.66. The van der Waals surface area contributed by atoms with E-state index in [1.807, 2.05) is 6.92 Å². The standard InChI is InChI=1S/C14H29NO2/c1-2-16-12-7-4-8-13-17-14-11-15-9-5-3-6-10-15/h2-14H2,1H3. The molecule has 1 aliphatic rings. The fourth-order valence-corrected chi connectivity index (χ4v) is 2.21. The molecule has 3 nitrogen and oxygen atoms in total. The maximum absolute atomic E-state index is 5.66. The van der Waals surface area contributed by atoms with Gasteiger partial charge in [0.05, 0.1) is 6.61 Å². The predicted octanol–water partition coefficient (Wildman–Crippen LogP) is 2.70. The maximum atomic E-state index is 5.66. The van der Waals surface area contributed by atoms with Gasteiger partial charge in [-0.1, -0.05) is 6.42 Å². The Morgan fingerprint density at radius 2 is 1.53 bits per heavy atom. The van der Waals surface area contributed by atoms with Gasteiger partial charge in [-0.15, -0.1) is 0 Å². The predicted molar refractivity (Wildman–Crippen MR) is 71.5 cm³/mol. The van der Waals surface area contributed by atoms with E-state index in [-0.39, 0.29) is 0 Å². The van der Waals surface area contributed by atoms with Gasteiger partial charge in [-0.2, -0.15) is 0 Å². The van der Waals surface area contributed by atoms with Crippen LogP contribution in [0.1, 0.15) is 45.4 Å². The Hall–Kier alpha value is -0.120. The second-order valence-corrected chi connectivity index (χ2v) is 4.77. The molecule has 0 saturated carbocycles. The number of unbranched alkanes of at least 4 members (excludes halogenated alkanes) is 2. The van der Waals surface area contributed by atoms with Crippen molar-refractivity contribution in [3.63, 3.8) is 0 Å². The van der Waals surface area contributed by atoms with Gasteiger partial charge >= 0.3 is 0 Å². The van der Waals surface area contributed by atoms with Gasteiger partial charge in [0.15, 0.2) is 0 Å². The summed E-state index contributed by atoms with van der Waals surface area (Å²) in [6, 6.07) is 0. The Morgan fingerprint density at radius 3 is 2.24 bits per heavy atom. The van der Waals surface area contributed by atoms with E-state index in [0.717, 1.165) is 33.0 Å². The van der Waals surface area contributed by atoms with Gasteiger partial charge in [-0.3, -0.25) is 0 Å². The number of likely N-dealkylation sites (tertiary alicyclic amines) is 1. The Bertz CT molecular complexity index is 158. The quantitative estimate of drug-likeness (QED) is 0.551. The fourth-order valence-electron chi connectivity index (χ4n) is 2.21. The second-order valence-electron chi connectivity index (χ2n) is 4.77. The molecule has 1 fully saturated rings. The van der Waals surface area contributed by atoms with Crippen LogP contribution in [0.15, 0.2) is 0 Å². The molecule has 0 spiro atoms. The lowest BCUT2D eigenvalue weighted by molar-refractivity contribution is 0.0910. The molecule has 0 atom stereocenters. The van der Waals surface area contributed by atoms with Crippen molar-refractivity contribution >= 4 is 0 Å². The zero-order valence-corrected chi connectivity index (χ0v) is 11.5. The Balaban J connectivity index is 1.75. The number of piperidine rings is 1. The number of rotatable bonds is 10. The summed E-state index contributed by atoms with van der Waals surface area (Å²) in [6.07, 6.45) is 7.73. The normalized spacial score (nSPS) is 17.5. The van der Waals surface area contributed by atoms with E-state index >= 15 is 0 Å². The number of ether oxygens (including phenoxy) is 2. The van der Waals surface area contributed by atoms with Crippen LogP contribution < -0.4 is 0 Å². The molecular weight excluding hydrogens is 214 g/mol. The van der Waals surface area contributed by atoms with Gasteiger partial charge in [0, 0.05) is 26.4 Å². The van der Waals surface area contributed by atoms with Crippen LogP contribution in [0.25, 0.3) is 0 Å². The van der Waals surface area contributed by atoms with Gasteiger partial charge in [0.1, 0.15) is 0 Å². The lowest BCUT2D eigenvalue weighted by atomic mass is 10.1. The average molecular weight is 243 g/mol. The molecule has 102 valence electrons. The van der Waals surface area contributed by atoms with Crippen molar-refractivity contribution in [2.24, 2.45) is 0 Å². The molecular formula is C14H29NO2. The van der Waals surface area contributed by atoms with Crippen molar-refractivity contribution in [1.29, 1.82) is 0 Å². The van der Waals surface area contributed by atoms with Crippen LogP contribution in [0.4, 0.5) is 0 Å². The summed E-state index contributed by atoms with van der Waals surface area (Å²) in [5.74, 6) is 0. The molecule has 3 heteroatoms. The smallest absolute Gasteiger partial charge is 0.0593 e. The second kappa shape index (κ2) is 11.0. The summed E-state index contributed by atoms with van der Waals surface area (Å²) in [7, 11) is 0. The molecule has 1 heterocycles. The number of nitrogens with zero attached hydrogens (tertiary/aromatic N) is 1. The molecule has 0 radical (unpaired) electrons. The highest BCUT2D eigenvalue weighted by Crippen LogP contribution is 2.07. The summed E-state index contributed by atoms with van der Waals surface area (Å²) < 4.78 is 11.0. The van der Waals surface area contributed by atoms with Crippen LogP contribution in [0.3, 0.4) is 0 Å². The van der Waals surface area contributed by atoms with E-state index in [1.54, 1.807) is 0 Å². The first kappa shape index (κ1) is 14.9. The molecule has 0 unspecified atom stereocenters. The van der Waals surface area contributed by atoms with E-state index in [4.69, 9.17) is 9.47 Å². The third-order valence-corrected chi connectivity index (χ3v) is 3.28. The largest absolute Gasteiger partial charge is 0.382 e. The van der Waals surface area contributed by atoms with Gasteiger partial charge < -0.3 is 14.4 Å². The first-order valence-electron chi connectivity index (χ1n) is 7.31. The average Bonchev–Trinajstić information content (AvgIpc) is 2.38. The topological polar surface area (TPSA) is 21.7 Å². The molecule has 17 heavy (non-hydrogen) atoms. The maximum Gasteiger partial charge on any atom is 0.0593 e. The zero-order valence-electron chi connectivity index (χ0n) is 11.5. The third kappa shape index (κ3) is 8.58. The van der Waals surface area contributed by atoms with Crippen LogP contribution in [0.2, 0.25) is 0 Å². The lowest BCUT2D eigenvalue weighted by Crippen LogP contribution is -2.32. The van der Waals surface area contributed by atoms with Crippen molar-refractivity contribution in [3.8, 4) is 0 Å². The number of hydrogen-bond donors (Lipinski definition) is 0. The minimum atomic E-state index is 0.840. The summed E-state index contributed by atoms with van der Waals surface area (Å²) >= 11 is 0. The molecule has 0 amide bonds. The van der Waals surface area contributed by atoms with Crippen LogP contribution in [0.5, 0.6) is 0 Å². The van der Waals surface area contributed by atoms with Crippen LogP contribution in [-0.4, -0.2) is 51.0 Å². The highest BCUT2D eigenvalue weighted by atomic mass is 16.5. The van der Waals surface area contributed by atoms with Crippen LogP contribution >= 0.6 is 0 Å². The summed E-state index contributed by atoms with van der Waals surface area (Å²) in [5, 5.41) is 0. The summed E-state index contributed by atoms with van der Waals surface area (Å²) in [6.45, 7) is 9.29. The van der Waals surface area contributed by atoms with E-state index in [2.05, 4.69) is 4.90 Å². The van der Waals surface area contributed by atoms with Crippen molar-refractivity contribution in [3.05, 3.63) is 0 Å². The van der Waals surface area contributed by atoms with Crippen molar-refractivity contribution in [2.45, 2.75) is 45.4 Å². The minimum Gasteiger partial charge on any atom is -0.382 e. The Morgan fingerprint density at radius 1 is 0.824 bits per heavy atom. The fraction of sp³-hybridized carbons (Fsp3) is 1.00. The highest BCUT2D eigenvalue weighted by molar-refractivity contribution is 4.63. The molecule has 0 aromatic heterocycles. The molecule has 1 aliphatic heterocycles. The monoisotopic (exact) mass is 243 g/mol. The van der Waals surface area contributed by atoms with E-state index in [1.165, 1.54) is 51.6 Å². The lowest BCUT2D eigenvalue weighted by Gasteiger charge is -2.26. The van der Waals surface area contributed by atoms with Gasteiger partial charge in [-0.05, 0) is 52.1 Å². The van der Waals surface area contributed by atoms with Gasteiger partial charge in [-0.25, -0.2) is 0 Å². The first-order chi connectivity index (χ1) is 8.43. The third-order valence-electron chi connectivity index (χ3n) is 3.28. The van der Waals surface area contributed by atoms with Crippen molar-refractivity contribution in [1.82, 2.24) is 4.90 Å². The van der Waals surface area contributed by atoms with E-state index < -0.39 is 0 Å². The zero-order chi connectivity index (χ0) is 12.2. The molecule has 0 aromatic rings. The Labute approximate surface area is 106 Å². The summed E-state index contributed by atoms with van der Waals surface area (Å²) in [5.41, 5.74) is 0. The van der Waals surface area contributed by atoms with Gasteiger partial charge in [0.2, 0.25) is 0 Å². The molecule has 1 saturated heterocycles.